The second kappa shape index (κ2) is 6.89. The van der Waals surface area contributed by atoms with Crippen molar-refractivity contribution in [2.24, 2.45) is 5.92 Å². The van der Waals surface area contributed by atoms with E-state index in [1.807, 2.05) is 49.3 Å². The van der Waals surface area contributed by atoms with Crippen LogP contribution in [-0.4, -0.2) is 30.9 Å². The maximum absolute atomic E-state index is 12.6. The van der Waals surface area contributed by atoms with Gasteiger partial charge in [-0.15, -0.1) is 0 Å². The average Bonchev–Trinajstić information content (AvgIpc) is 2.39. The molecule has 0 saturated heterocycles. The Balaban J connectivity index is 2.04. The molecule has 1 aliphatic rings. The van der Waals surface area contributed by atoms with Crippen LogP contribution in [0.2, 0.25) is 0 Å². The average molecular weight is 274 g/mol. The highest BCUT2D eigenvalue weighted by atomic mass is 16.2. The van der Waals surface area contributed by atoms with Gasteiger partial charge in [0.2, 0.25) is 5.91 Å². The lowest BCUT2D eigenvalue weighted by atomic mass is 9.87. The van der Waals surface area contributed by atoms with Gasteiger partial charge < -0.3 is 5.32 Å². The number of benzene rings is 1. The fourth-order valence-electron chi connectivity index (χ4n) is 3.16. The summed E-state index contributed by atoms with van der Waals surface area (Å²) in [5.74, 6) is 0.851. The fraction of sp³-hybridized carbons (Fsp3) is 0.588. The minimum atomic E-state index is -0.201. The van der Waals surface area contributed by atoms with Crippen molar-refractivity contribution >= 4 is 5.91 Å². The minimum absolute atomic E-state index is 0.125. The van der Waals surface area contributed by atoms with Crippen molar-refractivity contribution in [1.82, 2.24) is 10.2 Å². The zero-order valence-electron chi connectivity index (χ0n) is 12.8. The van der Waals surface area contributed by atoms with E-state index < -0.39 is 0 Å². The second-order valence-electron chi connectivity index (χ2n) is 6.25. The van der Waals surface area contributed by atoms with Crippen molar-refractivity contribution in [2.45, 2.75) is 44.7 Å². The van der Waals surface area contributed by atoms with Crippen LogP contribution in [0.4, 0.5) is 0 Å². The number of rotatable bonds is 4. The molecule has 1 amide bonds. The molecule has 1 saturated carbocycles. The molecule has 110 valence electrons. The predicted octanol–water partition coefficient (Wildman–Crippen LogP) is 2.98. The Morgan fingerprint density at radius 3 is 2.55 bits per heavy atom. The molecular formula is C17H26N2O. The Morgan fingerprint density at radius 2 is 1.95 bits per heavy atom. The summed E-state index contributed by atoms with van der Waals surface area (Å²) >= 11 is 0. The lowest BCUT2D eigenvalue weighted by Crippen LogP contribution is -2.44. The van der Waals surface area contributed by atoms with E-state index in [0.717, 1.165) is 24.3 Å². The van der Waals surface area contributed by atoms with Crippen LogP contribution in [0.1, 0.15) is 44.2 Å². The molecule has 1 N–H and O–H groups in total. The summed E-state index contributed by atoms with van der Waals surface area (Å²) in [5.41, 5.74) is 1.05. The Morgan fingerprint density at radius 1 is 1.25 bits per heavy atom. The Hall–Kier alpha value is -1.35. The van der Waals surface area contributed by atoms with Crippen LogP contribution < -0.4 is 5.32 Å². The van der Waals surface area contributed by atoms with Gasteiger partial charge in [0, 0.05) is 6.04 Å². The summed E-state index contributed by atoms with van der Waals surface area (Å²) in [7, 11) is 3.92. The SMILES string of the molecule is C[C@@H]1CCC[C@H](NC(=O)[C@H](c2ccccc2)N(C)C)C1. The number of nitrogens with zero attached hydrogens (tertiary/aromatic N) is 1. The standard InChI is InChI=1S/C17H26N2O/c1-13-8-7-11-15(12-13)18-17(20)16(19(2)3)14-9-5-4-6-10-14/h4-6,9-10,13,15-16H,7-8,11-12H2,1-3H3,(H,18,20)/t13-,15+,16+/m1/s1. The molecule has 1 aliphatic carbocycles. The monoisotopic (exact) mass is 274 g/mol. The Bertz CT molecular complexity index is 430. The molecule has 0 aromatic heterocycles. The number of nitrogens with one attached hydrogen (secondary N) is 1. The van der Waals surface area contributed by atoms with Crippen LogP contribution in [0.3, 0.4) is 0 Å². The van der Waals surface area contributed by atoms with Crippen molar-refractivity contribution in [1.29, 1.82) is 0 Å². The van der Waals surface area contributed by atoms with Gasteiger partial charge in [-0.2, -0.15) is 0 Å². The number of carbonyl (C=O) groups excluding carboxylic acids is 1. The van der Waals surface area contributed by atoms with Gasteiger partial charge in [-0.1, -0.05) is 50.1 Å². The summed E-state index contributed by atoms with van der Waals surface area (Å²) in [5, 5.41) is 3.25. The summed E-state index contributed by atoms with van der Waals surface area (Å²) in [4.78, 5) is 14.6. The highest BCUT2D eigenvalue weighted by Crippen LogP contribution is 2.25. The number of amides is 1. The van der Waals surface area contributed by atoms with E-state index in [-0.39, 0.29) is 11.9 Å². The van der Waals surface area contributed by atoms with Crippen LogP contribution >= 0.6 is 0 Å². The zero-order valence-corrected chi connectivity index (χ0v) is 12.8. The first kappa shape index (κ1) is 15.0. The molecule has 3 atom stereocenters. The number of likely N-dealkylation sites (N-methyl/N-ethyl adjacent to an activating group) is 1. The molecule has 0 bridgehead atoms. The molecule has 0 radical (unpaired) electrons. The molecule has 3 nitrogen and oxygen atoms in total. The van der Waals surface area contributed by atoms with Crippen molar-refractivity contribution in [2.75, 3.05) is 14.1 Å². The number of hydrogen-bond donors (Lipinski definition) is 1. The molecule has 2 rings (SSSR count). The van der Waals surface area contributed by atoms with E-state index in [0.29, 0.717) is 6.04 Å². The highest BCUT2D eigenvalue weighted by Gasteiger charge is 2.26. The van der Waals surface area contributed by atoms with Crippen molar-refractivity contribution in [3.05, 3.63) is 35.9 Å². The van der Waals surface area contributed by atoms with E-state index in [2.05, 4.69) is 12.2 Å². The van der Waals surface area contributed by atoms with Crippen LogP contribution in [0.5, 0.6) is 0 Å². The van der Waals surface area contributed by atoms with Gasteiger partial charge in [0.25, 0.3) is 0 Å². The first-order valence-corrected chi connectivity index (χ1v) is 7.59. The van der Waals surface area contributed by atoms with Gasteiger partial charge in [0.1, 0.15) is 6.04 Å². The highest BCUT2D eigenvalue weighted by molar-refractivity contribution is 5.83. The maximum atomic E-state index is 12.6. The molecule has 20 heavy (non-hydrogen) atoms. The summed E-state index contributed by atoms with van der Waals surface area (Å²) in [6.45, 7) is 2.28. The van der Waals surface area contributed by atoms with Crippen LogP contribution in [0.25, 0.3) is 0 Å². The quantitative estimate of drug-likeness (QED) is 0.915. The van der Waals surface area contributed by atoms with Gasteiger partial charge in [-0.3, -0.25) is 9.69 Å². The smallest absolute Gasteiger partial charge is 0.242 e. The second-order valence-corrected chi connectivity index (χ2v) is 6.25. The Kier molecular flexibility index (Phi) is 5.18. The van der Waals surface area contributed by atoms with Gasteiger partial charge >= 0.3 is 0 Å². The minimum Gasteiger partial charge on any atom is -0.352 e. The molecule has 1 fully saturated rings. The Labute approximate surface area is 122 Å². The first-order chi connectivity index (χ1) is 9.58. The van der Waals surface area contributed by atoms with Crippen molar-refractivity contribution in [3.63, 3.8) is 0 Å². The van der Waals surface area contributed by atoms with Gasteiger partial charge in [-0.25, -0.2) is 0 Å². The first-order valence-electron chi connectivity index (χ1n) is 7.59. The van der Waals surface area contributed by atoms with Crippen LogP contribution in [0.15, 0.2) is 30.3 Å². The molecular weight excluding hydrogens is 248 g/mol. The lowest BCUT2D eigenvalue weighted by Gasteiger charge is -2.31. The number of hydrogen-bond acceptors (Lipinski definition) is 2. The largest absolute Gasteiger partial charge is 0.352 e. The topological polar surface area (TPSA) is 32.3 Å². The van der Waals surface area contributed by atoms with Gasteiger partial charge in [0.05, 0.1) is 0 Å². The maximum Gasteiger partial charge on any atom is 0.242 e. The summed E-state index contributed by atoms with van der Waals surface area (Å²) < 4.78 is 0. The molecule has 1 aromatic rings. The van der Waals surface area contributed by atoms with E-state index in [4.69, 9.17) is 0 Å². The van der Waals surface area contributed by atoms with E-state index in [1.54, 1.807) is 0 Å². The van der Waals surface area contributed by atoms with E-state index in [9.17, 15) is 4.79 Å². The fourth-order valence-corrected chi connectivity index (χ4v) is 3.16. The predicted molar refractivity (Wildman–Crippen MR) is 82.4 cm³/mol. The third-order valence-electron chi connectivity index (χ3n) is 4.16. The summed E-state index contributed by atoms with van der Waals surface area (Å²) in [6.07, 6.45) is 4.75. The van der Waals surface area contributed by atoms with E-state index >= 15 is 0 Å². The lowest BCUT2D eigenvalue weighted by molar-refractivity contribution is -0.126. The molecule has 0 aliphatic heterocycles. The zero-order chi connectivity index (χ0) is 14.5. The van der Waals surface area contributed by atoms with Crippen LogP contribution in [-0.2, 0) is 4.79 Å². The molecule has 3 heteroatoms. The third-order valence-corrected chi connectivity index (χ3v) is 4.16. The van der Waals surface area contributed by atoms with E-state index in [1.165, 1.54) is 12.8 Å². The van der Waals surface area contributed by atoms with Crippen molar-refractivity contribution in [3.8, 4) is 0 Å². The summed E-state index contributed by atoms with van der Waals surface area (Å²) in [6, 6.07) is 10.1. The van der Waals surface area contributed by atoms with Crippen molar-refractivity contribution < 1.29 is 4.79 Å². The molecule has 1 aromatic carbocycles. The molecule has 0 unspecified atom stereocenters. The molecule has 0 spiro atoms. The third kappa shape index (κ3) is 3.83. The van der Waals surface area contributed by atoms with Crippen LogP contribution in [0, 0.1) is 5.92 Å². The molecule has 0 heterocycles. The normalized spacial score (nSPS) is 24.4. The van der Waals surface area contributed by atoms with Gasteiger partial charge in [-0.05, 0) is 38.4 Å². The van der Waals surface area contributed by atoms with Gasteiger partial charge in [0.15, 0.2) is 0 Å². The number of carbonyl (C=O) groups is 1.